The quantitative estimate of drug-likeness (QED) is 0.535. The number of aromatic hydroxyl groups is 1. The third kappa shape index (κ3) is 7.25. The lowest BCUT2D eigenvalue weighted by Gasteiger charge is -2.13. The van der Waals surface area contributed by atoms with E-state index in [9.17, 15) is 5.11 Å². The van der Waals surface area contributed by atoms with Crippen molar-refractivity contribution in [3.8, 4) is 5.75 Å². The van der Waals surface area contributed by atoms with Crippen LogP contribution in [0.5, 0.6) is 5.75 Å². The molecule has 0 bridgehead atoms. The van der Waals surface area contributed by atoms with Gasteiger partial charge >= 0.3 is 0 Å². The van der Waals surface area contributed by atoms with Crippen LogP contribution >= 0.6 is 0 Å². The Morgan fingerprint density at radius 3 is 2.21 bits per heavy atom. The van der Waals surface area contributed by atoms with Gasteiger partial charge in [0, 0.05) is 0 Å². The number of aryl methyl sites for hydroxylation is 1. The zero-order valence-electron chi connectivity index (χ0n) is 12.7. The van der Waals surface area contributed by atoms with Crippen LogP contribution in [-0.4, -0.2) is 5.11 Å². The van der Waals surface area contributed by atoms with Crippen molar-refractivity contribution in [2.75, 3.05) is 0 Å². The summed E-state index contributed by atoms with van der Waals surface area (Å²) < 4.78 is 0. The van der Waals surface area contributed by atoms with Crippen LogP contribution in [0.25, 0.3) is 0 Å². The van der Waals surface area contributed by atoms with E-state index in [4.69, 9.17) is 0 Å². The maximum atomic E-state index is 9.23. The Bertz CT molecular complexity index is 315. The van der Waals surface area contributed by atoms with Crippen LogP contribution in [0.3, 0.4) is 0 Å². The molecule has 0 amide bonds. The fourth-order valence-electron chi connectivity index (χ4n) is 2.65. The van der Waals surface area contributed by atoms with Crippen LogP contribution in [0.2, 0.25) is 0 Å². The number of phenols is 1. The van der Waals surface area contributed by atoms with E-state index < -0.39 is 0 Å². The minimum Gasteiger partial charge on any atom is -0.508 e. The number of phenolic OH excluding ortho intramolecular Hbond substituents is 1. The lowest BCUT2D eigenvalue weighted by Crippen LogP contribution is -1.99. The van der Waals surface area contributed by atoms with E-state index in [2.05, 4.69) is 13.8 Å². The van der Waals surface area contributed by atoms with Crippen molar-refractivity contribution in [2.24, 2.45) is 5.92 Å². The van der Waals surface area contributed by atoms with Gasteiger partial charge in [-0.15, -0.1) is 0 Å². The average molecular weight is 262 g/mol. The van der Waals surface area contributed by atoms with Gasteiger partial charge in [0.1, 0.15) is 5.75 Å². The van der Waals surface area contributed by atoms with Gasteiger partial charge in [-0.2, -0.15) is 0 Å². The molecule has 1 aromatic rings. The van der Waals surface area contributed by atoms with Crippen molar-refractivity contribution in [1.82, 2.24) is 0 Å². The maximum absolute atomic E-state index is 9.23. The van der Waals surface area contributed by atoms with Crippen molar-refractivity contribution in [3.05, 3.63) is 29.8 Å². The molecule has 0 saturated heterocycles. The molecule has 1 atom stereocenters. The molecule has 0 aliphatic carbocycles. The van der Waals surface area contributed by atoms with E-state index in [1.165, 1.54) is 56.9 Å². The highest BCUT2D eigenvalue weighted by molar-refractivity contribution is 5.25. The molecule has 0 aliphatic rings. The summed E-state index contributed by atoms with van der Waals surface area (Å²) in [7, 11) is 0. The van der Waals surface area contributed by atoms with Crippen molar-refractivity contribution < 1.29 is 5.11 Å². The molecule has 0 heterocycles. The van der Waals surface area contributed by atoms with Crippen molar-refractivity contribution in [3.63, 3.8) is 0 Å². The van der Waals surface area contributed by atoms with Gasteiger partial charge in [0.25, 0.3) is 0 Å². The Morgan fingerprint density at radius 2 is 1.58 bits per heavy atom. The van der Waals surface area contributed by atoms with Gasteiger partial charge in [0.15, 0.2) is 0 Å². The molecule has 0 aliphatic heterocycles. The smallest absolute Gasteiger partial charge is 0.115 e. The highest BCUT2D eigenvalue weighted by atomic mass is 16.3. The predicted molar refractivity (Wildman–Crippen MR) is 83.6 cm³/mol. The SMILES string of the molecule is CCCCC(CC)CCCCCc1ccc(O)cc1. The first-order chi connectivity index (χ1) is 9.26. The van der Waals surface area contributed by atoms with Gasteiger partial charge in [-0.25, -0.2) is 0 Å². The first kappa shape index (κ1) is 16.1. The van der Waals surface area contributed by atoms with Crippen LogP contribution in [0.15, 0.2) is 24.3 Å². The van der Waals surface area contributed by atoms with Crippen LogP contribution in [0, 0.1) is 5.92 Å². The van der Waals surface area contributed by atoms with Crippen LogP contribution in [-0.2, 0) is 6.42 Å². The average Bonchev–Trinajstić information content (AvgIpc) is 2.44. The van der Waals surface area contributed by atoms with Crippen LogP contribution in [0.4, 0.5) is 0 Å². The molecule has 1 nitrogen and oxygen atoms in total. The maximum Gasteiger partial charge on any atom is 0.115 e. The lowest BCUT2D eigenvalue weighted by atomic mass is 9.93. The molecule has 0 aromatic heterocycles. The van der Waals surface area contributed by atoms with E-state index in [0.29, 0.717) is 5.75 Å². The van der Waals surface area contributed by atoms with Crippen LogP contribution < -0.4 is 0 Å². The fourth-order valence-corrected chi connectivity index (χ4v) is 2.65. The van der Waals surface area contributed by atoms with Crippen LogP contribution in [0.1, 0.15) is 70.8 Å². The molecule has 0 spiro atoms. The van der Waals surface area contributed by atoms with Gasteiger partial charge in [-0.05, 0) is 36.5 Å². The summed E-state index contributed by atoms with van der Waals surface area (Å²) >= 11 is 0. The van der Waals surface area contributed by atoms with E-state index >= 15 is 0 Å². The summed E-state index contributed by atoms with van der Waals surface area (Å²) in [5.41, 5.74) is 1.34. The second kappa shape index (κ2) is 9.89. The second-order valence-electron chi connectivity index (χ2n) is 5.68. The zero-order valence-corrected chi connectivity index (χ0v) is 12.7. The van der Waals surface area contributed by atoms with Gasteiger partial charge in [-0.3, -0.25) is 0 Å². The normalized spacial score (nSPS) is 12.5. The topological polar surface area (TPSA) is 20.2 Å². The molecular weight excluding hydrogens is 232 g/mol. The standard InChI is InChI=1S/C18H30O/c1-3-5-9-16(4-2)10-7-6-8-11-17-12-14-18(19)15-13-17/h12-16,19H,3-11H2,1-2H3. The molecule has 1 N–H and O–H groups in total. The van der Waals surface area contributed by atoms with Gasteiger partial charge in [0.2, 0.25) is 0 Å². The first-order valence-electron chi connectivity index (χ1n) is 8.04. The van der Waals surface area contributed by atoms with Gasteiger partial charge in [-0.1, -0.05) is 70.9 Å². The Labute approximate surface area is 119 Å². The Kier molecular flexibility index (Phi) is 8.36. The number of hydrogen-bond acceptors (Lipinski definition) is 1. The highest BCUT2D eigenvalue weighted by Gasteiger charge is 2.05. The summed E-state index contributed by atoms with van der Waals surface area (Å²) in [5, 5.41) is 9.23. The van der Waals surface area contributed by atoms with E-state index in [0.717, 1.165) is 12.3 Å². The second-order valence-corrected chi connectivity index (χ2v) is 5.68. The molecule has 0 fully saturated rings. The number of hydrogen-bond donors (Lipinski definition) is 1. The molecular formula is C18H30O. The molecule has 19 heavy (non-hydrogen) atoms. The zero-order chi connectivity index (χ0) is 13.9. The largest absolute Gasteiger partial charge is 0.508 e. The summed E-state index contributed by atoms with van der Waals surface area (Å²) in [4.78, 5) is 0. The minimum absolute atomic E-state index is 0.366. The van der Waals surface area contributed by atoms with E-state index in [1.807, 2.05) is 12.1 Å². The predicted octanol–water partition coefficient (Wildman–Crippen LogP) is 5.71. The summed E-state index contributed by atoms with van der Waals surface area (Å²) in [5.74, 6) is 1.32. The van der Waals surface area contributed by atoms with E-state index in [-0.39, 0.29) is 0 Å². The summed E-state index contributed by atoms with van der Waals surface area (Å²) in [6, 6.07) is 7.64. The fraction of sp³-hybridized carbons (Fsp3) is 0.667. The third-order valence-corrected chi connectivity index (χ3v) is 4.06. The molecule has 1 unspecified atom stereocenters. The van der Waals surface area contributed by atoms with E-state index in [1.54, 1.807) is 12.1 Å². The number of benzene rings is 1. The minimum atomic E-state index is 0.366. The Balaban J connectivity index is 2.08. The molecule has 1 rings (SSSR count). The van der Waals surface area contributed by atoms with Crippen molar-refractivity contribution >= 4 is 0 Å². The summed E-state index contributed by atoms with van der Waals surface area (Å²) in [6.07, 6.45) is 12.0. The van der Waals surface area contributed by atoms with Crippen molar-refractivity contribution in [1.29, 1.82) is 0 Å². The highest BCUT2D eigenvalue weighted by Crippen LogP contribution is 2.20. The Morgan fingerprint density at radius 1 is 0.895 bits per heavy atom. The molecule has 1 aromatic carbocycles. The summed E-state index contributed by atoms with van der Waals surface area (Å²) in [6.45, 7) is 4.61. The lowest BCUT2D eigenvalue weighted by molar-refractivity contribution is 0.402. The molecule has 0 saturated carbocycles. The third-order valence-electron chi connectivity index (χ3n) is 4.06. The number of rotatable bonds is 10. The first-order valence-corrected chi connectivity index (χ1v) is 8.04. The molecule has 108 valence electrons. The molecule has 0 radical (unpaired) electrons. The van der Waals surface area contributed by atoms with Crippen molar-refractivity contribution in [2.45, 2.75) is 71.6 Å². The van der Waals surface area contributed by atoms with Gasteiger partial charge in [0.05, 0.1) is 0 Å². The number of unbranched alkanes of at least 4 members (excludes halogenated alkanes) is 3. The Hall–Kier alpha value is -0.980. The molecule has 1 heteroatoms. The monoisotopic (exact) mass is 262 g/mol. The van der Waals surface area contributed by atoms with Gasteiger partial charge < -0.3 is 5.11 Å².